The Balaban J connectivity index is 1.36. The molecule has 0 aliphatic heterocycles. The summed E-state index contributed by atoms with van der Waals surface area (Å²) in [6.07, 6.45) is 10.2. The number of carbonyl (C=O) groups is 2. The van der Waals surface area contributed by atoms with E-state index in [0.717, 1.165) is 43.1 Å². The molecule has 0 bridgehead atoms. The van der Waals surface area contributed by atoms with Gasteiger partial charge in [-0.1, -0.05) is 23.4 Å². The van der Waals surface area contributed by atoms with Gasteiger partial charge in [-0.2, -0.15) is 0 Å². The van der Waals surface area contributed by atoms with Gasteiger partial charge in [0.15, 0.2) is 5.16 Å². The molecule has 0 saturated heterocycles. The van der Waals surface area contributed by atoms with E-state index in [2.05, 4.69) is 31.5 Å². The zero-order valence-corrected chi connectivity index (χ0v) is 15.4. The number of hydrogen-bond donors (Lipinski definition) is 2. The number of aryl methyl sites for hydroxylation is 1. The average molecular weight is 363 g/mol. The Bertz CT molecular complexity index is 666. The number of amides is 3. The van der Waals surface area contributed by atoms with E-state index in [1.54, 1.807) is 0 Å². The number of nitrogens with one attached hydrogen (secondary N) is 2. The van der Waals surface area contributed by atoms with Crippen molar-refractivity contribution in [3.05, 3.63) is 17.5 Å². The standard InChI is InChI=1S/C17H25N5O2S/c1-12-20-21-17(22(12)14-7-8-14)25-11-15(23)19-16(24)18-10-9-13-5-3-2-4-6-13/h5,14H,2-4,6-11H2,1H3,(H2,18,19,23,24). The summed E-state index contributed by atoms with van der Waals surface area (Å²) in [5.41, 5.74) is 1.41. The van der Waals surface area contributed by atoms with Gasteiger partial charge in [-0.15, -0.1) is 10.2 Å². The van der Waals surface area contributed by atoms with Gasteiger partial charge in [0.25, 0.3) is 0 Å². The minimum absolute atomic E-state index is 0.156. The first-order valence-electron chi connectivity index (χ1n) is 8.93. The quantitative estimate of drug-likeness (QED) is 0.574. The van der Waals surface area contributed by atoms with E-state index in [1.807, 2.05) is 6.92 Å². The van der Waals surface area contributed by atoms with E-state index >= 15 is 0 Å². The van der Waals surface area contributed by atoms with E-state index in [-0.39, 0.29) is 11.7 Å². The number of rotatable bonds is 7. The van der Waals surface area contributed by atoms with Crippen molar-refractivity contribution in [2.75, 3.05) is 12.3 Å². The minimum Gasteiger partial charge on any atom is -0.337 e. The number of carbonyl (C=O) groups excluding carboxylic acids is 2. The summed E-state index contributed by atoms with van der Waals surface area (Å²) in [4.78, 5) is 23.7. The van der Waals surface area contributed by atoms with Crippen LogP contribution in [0.2, 0.25) is 0 Å². The predicted molar refractivity (Wildman–Crippen MR) is 96.5 cm³/mol. The van der Waals surface area contributed by atoms with Crippen molar-refractivity contribution in [2.24, 2.45) is 0 Å². The summed E-state index contributed by atoms with van der Waals surface area (Å²) in [5, 5.41) is 14.1. The van der Waals surface area contributed by atoms with Crippen LogP contribution in [0.25, 0.3) is 0 Å². The van der Waals surface area contributed by atoms with Crippen molar-refractivity contribution < 1.29 is 9.59 Å². The van der Waals surface area contributed by atoms with Crippen molar-refractivity contribution in [1.29, 1.82) is 0 Å². The topological polar surface area (TPSA) is 88.9 Å². The number of aromatic nitrogens is 3. The molecular weight excluding hydrogens is 338 g/mol. The first kappa shape index (κ1) is 18.0. The van der Waals surface area contributed by atoms with Crippen LogP contribution >= 0.6 is 11.8 Å². The SMILES string of the molecule is Cc1nnc(SCC(=O)NC(=O)NCCC2=CCCCC2)n1C1CC1. The number of hydrogen-bond acceptors (Lipinski definition) is 5. The molecule has 136 valence electrons. The second-order valence-electron chi connectivity index (χ2n) is 6.58. The van der Waals surface area contributed by atoms with Gasteiger partial charge in [0.2, 0.25) is 5.91 Å². The molecule has 7 nitrogen and oxygen atoms in total. The van der Waals surface area contributed by atoms with Crippen molar-refractivity contribution in [3.63, 3.8) is 0 Å². The Kier molecular flexibility index (Phi) is 6.12. The van der Waals surface area contributed by atoms with E-state index in [1.165, 1.54) is 30.2 Å². The van der Waals surface area contributed by atoms with Gasteiger partial charge in [-0.3, -0.25) is 10.1 Å². The van der Waals surface area contributed by atoms with Gasteiger partial charge in [0.1, 0.15) is 5.82 Å². The molecule has 1 aromatic rings. The van der Waals surface area contributed by atoms with Gasteiger partial charge < -0.3 is 9.88 Å². The minimum atomic E-state index is -0.429. The summed E-state index contributed by atoms with van der Waals surface area (Å²) >= 11 is 1.32. The van der Waals surface area contributed by atoms with Gasteiger partial charge in [-0.25, -0.2) is 4.79 Å². The fourth-order valence-electron chi connectivity index (χ4n) is 3.01. The molecule has 2 N–H and O–H groups in total. The highest BCUT2D eigenvalue weighted by atomic mass is 32.2. The zero-order valence-electron chi connectivity index (χ0n) is 14.6. The first-order valence-corrected chi connectivity index (χ1v) is 9.92. The van der Waals surface area contributed by atoms with Crippen molar-refractivity contribution in [1.82, 2.24) is 25.4 Å². The molecule has 2 aliphatic rings. The third-order valence-electron chi connectivity index (χ3n) is 4.45. The van der Waals surface area contributed by atoms with Crippen LogP contribution < -0.4 is 10.6 Å². The Morgan fingerprint density at radius 2 is 2.16 bits per heavy atom. The second kappa shape index (κ2) is 8.51. The lowest BCUT2D eigenvalue weighted by Crippen LogP contribution is -2.40. The molecule has 0 aromatic carbocycles. The summed E-state index contributed by atoms with van der Waals surface area (Å²) < 4.78 is 2.08. The van der Waals surface area contributed by atoms with Crippen molar-refractivity contribution >= 4 is 23.7 Å². The molecule has 3 rings (SSSR count). The summed E-state index contributed by atoms with van der Waals surface area (Å²) in [6.45, 7) is 2.48. The normalized spacial score (nSPS) is 17.1. The highest BCUT2D eigenvalue weighted by Crippen LogP contribution is 2.38. The molecule has 0 spiro atoms. The van der Waals surface area contributed by atoms with Gasteiger partial charge in [0, 0.05) is 12.6 Å². The van der Waals surface area contributed by atoms with Crippen molar-refractivity contribution in [2.45, 2.75) is 63.1 Å². The van der Waals surface area contributed by atoms with Crippen LogP contribution in [-0.4, -0.2) is 39.0 Å². The fraction of sp³-hybridized carbons (Fsp3) is 0.647. The van der Waals surface area contributed by atoms with Crippen LogP contribution in [0.3, 0.4) is 0 Å². The molecule has 0 radical (unpaired) electrons. The highest BCUT2D eigenvalue weighted by molar-refractivity contribution is 7.99. The lowest BCUT2D eigenvalue weighted by atomic mass is 9.97. The maximum absolute atomic E-state index is 11.9. The number of imide groups is 1. The van der Waals surface area contributed by atoms with Gasteiger partial charge in [0.05, 0.1) is 5.75 Å². The predicted octanol–water partition coefficient (Wildman–Crippen LogP) is 2.73. The Hall–Kier alpha value is -1.83. The molecular formula is C17H25N5O2S. The first-order chi connectivity index (χ1) is 12.1. The number of thioether (sulfide) groups is 1. The van der Waals surface area contributed by atoms with Crippen LogP contribution in [-0.2, 0) is 4.79 Å². The molecule has 3 amide bonds. The number of urea groups is 1. The van der Waals surface area contributed by atoms with E-state index in [9.17, 15) is 9.59 Å². The second-order valence-corrected chi connectivity index (χ2v) is 7.52. The molecule has 2 aliphatic carbocycles. The van der Waals surface area contributed by atoms with Gasteiger partial charge >= 0.3 is 6.03 Å². The third-order valence-corrected chi connectivity index (χ3v) is 5.39. The smallest absolute Gasteiger partial charge is 0.321 e. The lowest BCUT2D eigenvalue weighted by Gasteiger charge is -2.13. The largest absolute Gasteiger partial charge is 0.337 e. The molecule has 1 saturated carbocycles. The molecule has 1 heterocycles. The monoisotopic (exact) mass is 363 g/mol. The molecule has 1 aromatic heterocycles. The molecule has 0 atom stereocenters. The van der Waals surface area contributed by atoms with Crippen LogP contribution in [0.1, 0.15) is 56.8 Å². The maximum atomic E-state index is 11.9. The molecule has 0 unspecified atom stereocenters. The molecule has 1 fully saturated rings. The van der Waals surface area contributed by atoms with E-state index < -0.39 is 6.03 Å². The van der Waals surface area contributed by atoms with Crippen LogP contribution in [0.5, 0.6) is 0 Å². The Labute approximate surface area is 152 Å². The number of nitrogens with zero attached hydrogens (tertiary/aromatic N) is 3. The highest BCUT2D eigenvalue weighted by Gasteiger charge is 2.28. The van der Waals surface area contributed by atoms with Gasteiger partial charge in [-0.05, 0) is 51.9 Å². The lowest BCUT2D eigenvalue weighted by molar-refractivity contribution is -0.117. The van der Waals surface area contributed by atoms with Crippen LogP contribution in [0.4, 0.5) is 4.79 Å². The Morgan fingerprint density at radius 3 is 2.88 bits per heavy atom. The zero-order chi connectivity index (χ0) is 17.6. The maximum Gasteiger partial charge on any atom is 0.321 e. The summed E-state index contributed by atoms with van der Waals surface area (Å²) in [6, 6.07) is 0.0415. The number of allylic oxidation sites excluding steroid dienone is 1. The van der Waals surface area contributed by atoms with E-state index in [4.69, 9.17) is 0 Å². The van der Waals surface area contributed by atoms with Crippen molar-refractivity contribution in [3.8, 4) is 0 Å². The summed E-state index contributed by atoms with van der Waals surface area (Å²) in [7, 11) is 0. The van der Waals surface area contributed by atoms with Crippen LogP contribution in [0.15, 0.2) is 16.8 Å². The Morgan fingerprint density at radius 1 is 1.32 bits per heavy atom. The van der Waals surface area contributed by atoms with E-state index in [0.29, 0.717) is 12.6 Å². The third kappa shape index (κ3) is 5.32. The molecule has 25 heavy (non-hydrogen) atoms. The molecule has 8 heteroatoms. The fourth-order valence-corrected chi connectivity index (χ4v) is 3.86. The average Bonchev–Trinajstić information content (AvgIpc) is 3.37. The summed E-state index contributed by atoms with van der Waals surface area (Å²) in [5.74, 6) is 0.714. The van der Waals surface area contributed by atoms with Crippen LogP contribution in [0, 0.1) is 6.92 Å².